The molecule has 9 heteroatoms. The normalized spacial score (nSPS) is 12.9. The van der Waals surface area contributed by atoms with Crippen LogP contribution >= 0.6 is 0 Å². The Morgan fingerprint density at radius 1 is 0.767 bits per heavy atom. The SMILES string of the molecule is C=CC(=O)OCCOCCOCCOCCOCCN1C(=O)c2ccccc2C1=O. The van der Waals surface area contributed by atoms with Crippen molar-refractivity contribution in [2.45, 2.75) is 0 Å². The summed E-state index contributed by atoms with van der Waals surface area (Å²) in [6.45, 7) is 6.63. The van der Waals surface area contributed by atoms with Crippen LogP contribution in [0.5, 0.6) is 0 Å². The van der Waals surface area contributed by atoms with Crippen molar-refractivity contribution in [3.05, 3.63) is 48.0 Å². The standard InChI is InChI=1S/C21H27NO8/c1-2-19(23)30-16-15-29-14-13-28-12-11-27-10-9-26-8-7-22-20(24)17-5-3-4-6-18(17)21(22)25/h2-6H,1,7-16H2. The Morgan fingerprint density at radius 2 is 1.20 bits per heavy atom. The zero-order valence-corrected chi connectivity index (χ0v) is 16.9. The summed E-state index contributed by atoms with van der Waals surface area (Å²) >= 11 is 0. The third-order valence-corrected chi connectivity index (χ3v) is 4.09. The highest BCUT2D eigenvalue weighted by Crippen LogP contribution is 2.21. The largest absolute Gasteiger partial charge is 0.460 e. The summed E-state index contributed by atoms with van der Waals surface area (Å²) in [5.74, 6) is -1.04. The minimum absolute atomic E-state index is 0.182. The molecule has 0 radical (unpaired) electrons. The summed E-state index contributed by atoms with van der Waals surface area (Å²) < 4.78 is 26.1. The first-order valence-corrected chi connectivity index (χ1v) is 9.70. The van der Waals surface area contributed by atoms with E-state index in [4.69, 9.17) is 23.7 Å². The summed E-state index contributed by atoms with van der Waals surface area (Å²) in [5, 5.41) is 0. The molecule has 2 rings (SSSR count). The van der Waals surface area contributed by atoms with E-state index in [-0.39, 0.29) is 31.6 Å². The van der Waals surface area contributed by atoms with Crippen LogP contribution in [-0.2, 0) is 28.5 Å². The molecule has 0 unspecified atom stereocenters. The molecule has 0 aromatic heterocycles. The van der Waals surface area contributed by atoms with Crippen LogP contribution in [0.3, 0.4) is 0 Å². The fraction of sp³-hybridized carbons (Fsp3) is 0.476. The first-order chi connectivity index (χ1) is 14.6. The van der Waals surface area contributed by atoms with Crippen LogP contribution in [0.15, 0.2) is 36.9 Å². The molecule has 0 saturated carbocycles. The Kier molecular flexibility index (Phi) is 10.7. The molecular formula is C21H27NO8. The second kappa shape index (κ2) is 13.6. The van der Waals surface area contributed by atoms with Gasteiger partial charge >= 0.3 is 5.97 Å². The molecule has 0 atom stereocenters. The highest BCUT2D eigenvalue weighted by Gasteiger charge is 2.34. The topological polar surface area (TPSA) is 101 Å². The van der Waals surface area contributed by atoms with Gasteiger partial charge in [0.15, 0.2) is 0 Å². The molecule has 2 amide bonds. The number of esters is 1. The molecule has 164 valence electrons. The molecule has 0 fully saturated rings. The molecule has 0 saturated heterocycles. The molecule has 1 aliphatic heterocycles. The van der Waals surface area contributed by atoms with Crippen molar-refractivity contribution in [2.24, 2.45) is 0 Å². The molecule has 0 spiro atoms. The fourth-order valence-electron chi connectivity index (χ4n) is 2.62. The van der Waals surface area contributed by atoms with Crippen LogP contribution < -0.4 is 0 Å². The number of rotatable bonds is 16. The smallest absolute Gasteiger partial charge is 0.330 e. The predicted octanol–water partition coefficient (Wildman–Crippen LogP) is 1.08. The number of nitrogens with zero attached hydrogens (tertiary/aromatic N) is 1. The molecule has 1 heterocycles. The number of fused-ring (bicyclic) bond motifs is 1. The molecular weight excluding hydrogens is 394 g/mol. The van der Waals surface area contributed by atoms with Gasteiger partial charge in [0.25, 0.3) is 11.8 Å². The van der Waals surface area contributed by atoms with Crippen LogP contribution in [0, 0.1) is 0 Å². The molecule has 1 aromatic rings. The Balaban J connectivity index is 1.38. The summed E-state index contributed by atoms with van der Waals surface area (Å²) in [4.78, 5) is 36.4. The molecule has 0 aliphatic carbocycles. The van der Waals surface area contributed by atoms with Crippen molar-refractivity contribution in [2.75, 3.05) is 66.0 Å². The molecule has 1 aromatic carbocycles. The molecule has 0 N–H and O–H groups in total. The third kappa shape index (κ3) is 7.68. The van der Waals surface area contributed by atoms with Gasteiger partial charge in [-0.3, -0.25) is 14.5 Å². The van der Waals surface area contributed by atoms with Gasteiger partial charge in [-0.25, -0.2) is 4.79 Å². The van der Waals surface area contributed by atoms with E-state index in [9.17, 15) is 14.4 Å². The van der Waals surface area contributed by atoms with Crippen LogP contribution in [0.2, 0.25) is 0 Å². The lowest BCUT2D eigenvalue weighted by Crippen LogP contribution is -2.33. The number of benzene rings is 1. The van der Waals surface area contributed by atoms with Crippen molar-refractivity contribution in [3.8, 4) is 0 Å². The lowest BCUT2D eigenvalue weighted by atomic mass is 10.1. The van der Waals surface area contributed by atoms with Crippen molar-refractivity contribution in [1.29, 1.82) is 0 Å². The van der Waals surface area contributed by atoms with Gasteiger partial charge in [0, 0.05) is 6.08 Å². The number of carbonyl (C=O) groups is 3. The highest BCUT2D eigenvalue weighted by atomic mass is 16.6. The van der Waals surface area contributed by atoms with Crippen molar-refractivity contribution < 1.29 is 38.1 Å². The highest BCUT2D eigenvalue weighted by molar-refractivity contribution is 6.21. The average molecular weight is 421 g/mol. The maximum atomic E-state index is 12.2. The van der Waals surface area contributed by atoms with Crippen molar-refractivity contribution in [1.82, 2.24) is 4.90 Å². The van der Waals surface area contributed by atoms with E-state index in [2.05, 4.69) is 6.58 Å². The Bertz CT molecular complexity index is 686. The van der Waals surface area contributed by atoms with E-state index in [1.807, 2.05) is 0 Å². The lowest BCUT2D eigenvalue weighted by molar-refractivity contribution is -0.139. The van der Waals surface area contributed by atoms with Gasteiger partial charge in [0.1, 0.15) is 6.61 Å². The number of amides is 2. The molecule has 1 aliphatic rings. The minimum Gasteiger partial charge on any atom is -0.460 e. The number of hydrogen-bond donors (Lipinski definition) is 0. The van der Waals surface area contributed by atoms with E-state index in [1.165, 1.54) is 4.90 Å². The maximum absolute atomic E-state index is 12.2. The van der Waals surface area contributed by atoms with Crippen LogP contribution in [0.4, 0.5) is 0 Å². The fourth-order valence-corrected chi connectivity index (χ4v) is 2.62. The second-order valence-corrected chi connectivity index (χ2v) is 6.13. The third-order valence-electron chi connectivity index (χ3n) is 4.09. The van der Waals surface area contributed by atoms with Crippen LogP contribution in [0.25, 0.3) is 0 Å². The lowest BCUT2D eigenvalue weighted by Gasteiger charge is -2.13. The first kappa shape index (κ1) is 23.7. The summed E-state index contributed by atoms with van der Waals surface area (Å²) in [6, 6.07) is 6.78. The zero-order valence-electron chi connectivity index (χ0n) is 16.9. The van der Waals surface area contributed by atoms with E-state index >= 15 is 0 Å². The van der Waals surface area contributed by atoms with Gasteiger partial charge < -0.3 is 23.7 Å². The van der Waals surface area contributed by atoms with Gasteiger partial charge in [-0.1, -0.05) is 18.7 Å². The number of carbonyl (C=O) groups excluding carboxylic acids is 3. The predicted molar refractivity (Wildman–Crippen MR) is 106 cm³/mol. The van der Waals surface area contributed by atoms with Gasteiger partial charge in [0.05, 0.1) is 70.5 Å². The molecule has 0 bridgehead atoms. The number of hydrogen-bond acceptors (Lipinski definition) is 8. The van der Waals surface area contributed by atoms with E-state index in [0.717, 1.165) is 6.08 Å². The minimum atomic E-state index is -0.473. The first-order valence-electron chi connectivity index (χ1n) is 9.70. The van der Waals surface area contributed by atoms with Gasteiger partial charge in [-0.15, -0.1) is 0 Å². The van der Waals surface area contributed by atoms with Crippen molar-refractivity contribution >= 4 is 17.8 Å². The quantitative estimate of drug-likeness (QED) is 0.169. The molecule has 9 nitrogen and oxygen atoms in total. The maximum Gasteiger partial charge on any atom is 0.330 e. The second-order valence-electron chi connectivity index (χ2n) is 6.13. The van der Waals surface area contributed by atoms with Gasteiger partial charge in [-0.05, 0) is 12.1 Å². The summed E-state index contributed by atoms with van der Waals surface area (Å²) in [5.41, 5.74) is 0.875. The molecule has 30 heavy (non-hydrogen) atoms. The van der Waals surface area contributed by atoms with Gasteiger partial charge in [-0.2, -0.15) is 0 Å². The Hall–Kier alpha value is -2.59. The number of imide groups is 1. The van der Waals surface area contributed by atoms with E-state index < -0.39 is 5.97 Å². The van der Waals surface area contributed by atoms with E-state index in [0.29, 0.717) is 57.4 Å². The Labute approximate surface area is 175 Å². The number of ether oxygens (including phenoxy) is 5. The van der Waals surface area contributed by atoms with Crippen LogP contribution in [0.1, 0.15) is 20.7 Å². The van der Waals surface area contributed by atoms with E-state index in [1.54, 1.807) is 24.3 Å². The van der Waals surface area contributed by atoms with Gasteiger partial charge in [0.2, 0.25) is 0 Å². The summed E-state index contributed by atoms with van der Waals surface area (Å²) in [6.07, 6.45) is 1.10. The van der Waals surface area contributed by atoms with Crippen molar-refractivity contribution in [3.63, 3.8) is 0 Å². The van der Waals surface area contributed by atoms with Crippen LogP contribution in [-0.4, -0.2) is 88.7 Å². The summed E-state index contributed by atoms with van der Waals surface area (Å²) in [7, 11) is 0. The Morgan fingerprint density at radius 3 is 1.67 bits per heavy atom. The monoisotopic (exact) mass is 421 g/mol. The average Bonchev–Trinajstić information content (AvgIpc) is 3.01. The zero-order chi connectivity index (χ0) is 21.6.